The third-order valence-corrected chi connectivity index (χ3v) is 2.80. The van der Waals surface area contributed by atoms with Gasteiger partial charge in [0.05, 0.1) is 6.54 Å². The number of benzene rings is 1. The van der Waals surface area contributed by atoms with Gasteiger partial charge in [0, 0.05) is 23.6 Å². The second-order valence-electron chi connectivity index (χ2n) is 3.75. The molecule has 16 heavy (non-hydrogen) atoms. The first-order valence-corrected chi connectivity index (χ1v) is 5.16. The highest BCUT2D eigenvalue weighted by Crippen LogP contribution is 2.27. The van der Waals surface area contributed by atoms with E-state index in [1.807, 2.05) is 36.4 Å². The predicted molar refractivity (Wildman–Crippen MR) is 61.2 cm³/mol. The van der Waals surface area contributed by atoms with Gasteiger partial charge in [-0.1, -0.05) is 18.2 Å². The smallest absolute Gasteiger partial charge is 0.258 e. The van der Waals surface area contributed by atoms with Crippen molar-refractivity contribution in [3.8, 4) is 0 Å². The molecule has 1 aliphatic heterocycles. The fraction of sp³-hybridized carbons (Fsp3) is 0.0769. The third kappa shape index (κ3) is 1.29. The zero-order chi connectivity index (χ0) is 11.0. The fourth-order valence-corrected chi connectivity index (χ4v) is 1.99. The number of hydrogen-bond acceptors (Lipinski definition) is 2. The molecule has 0 spiro atoms. The number of amides is 1. The Morgan fingerprint density at radius 3 is 2.56 bits per heavy atom. The van der Waals surface area contributed by atoms with Gasteiger partial charge in [0.25, 0.3) is 5.91 Å². The summed E-state index contributed by atoms with van der Waals surface area (Å²) in [7, 11) is 0. The van der Waals surface area contributed by atoms with E-state index in [9.17, 15) is 4.79 Å². The van der Waals surface area contributed by atoms with Crippen molar-refractivity contribution in [3.05, 3.63) is 59.9 Å². The molecule has 1 aliphatic rings. The van der Waals surface area contributed by atoms with Gasteiger partial charge in [0.2, 0.25) is 0 Å². The fourth-order valence-electron chi connectivity index (χ4n) is 1.99. The number of pyridine rings is 1. The van der Waals surface area contributed by atoms with Gasteiger partial charge in [-0.2, -0.15) is 0 Å². The van der Waals surface area contributed by atoms with Crippen LogP contribution in [0.15, 0.2) is 48.8 Å². The average molecular weight is 210 g/mol. The summed E-state index contributed by atoms with van der Waals surface area (Å²) in [4.78, 5) is 17.8. The molecule has 3 rings (SSSR count). The minimum atomic E-state index is 0.0711. The number of aromatic nitrogens is 1. The number of carbonyl (C=O) groups excluding carboxylic acids is 1. The van der Waals surface area contributed by atoms with Crippen LogP contribution in [0.25, 0.3) is 0 Å². The molecule has 2 aromatic rings. The summed E-state index contributed by atoms with van der Waals surface area (Å²) in [6, 6.07) is 11.4. The quantitative estimate of drug-likeness (QED) is 0.723. The molecule has 1 aromatic carbocycles. The number of carbonyl (C=O) groups is 1. The summed E-state index contributed by atoms with van der Waals surface area (Å²) in [5, 5.41) is 0. The molecule has 0 saturated heterocycles. The summed E-state index contributed by atoms with van der Waals surface area (Å²) in [5.41, 5.74) is 2.79. The maximum atomic E-state index is 12.1. The lowest BCUT2D eigenvalue weighted by molar-refractivity contribution is 0.0996. The van der Waals surface area contributed by atoms with Crippen LogP contribution in [0, 0.1) is 0 Å². The van der Waals surface area contributed by atoms with Crippen LogP contribution in [-0.4, -0.2) is 10.9 Å². The molecule has 0 bridgehead atoms. The van der Waals surface area contributed by atoms with Gasteiger partial charge < -0.3 is 4.90 Å². The Morgan fingerprint density at radius 1 is 1.06 bits per heavy atom. The maximum Gasteiger partial charge on any atom is 0.258 e. The van der Waals surface area contributed by atoms with Crippen molar-refractivity contribution in [2.24, 2.45) is 0 Å². The summed E-state index contributed by atoms with van der Waals surface area (Å²) >= 11 is 0. The van der Waals surface area contributed by atoms with Crippen LogP contribution in [0.2, 0.25) is 0 Å². The van der Waals surface area contributed by atoms with E-state index in [1.165, 1.54) is 0 Å². The molecule has 0 radical (unpaired) electrons. The van der Waals surface area contributed by atoms with E-state index in [1.54, 1.807) is 17.3 Å². The summed E-state index contributed by atoms with van der Waals surface area (Å²) in [6.45, 7) is 0.652. The zero-order valence-corrected chi connectivity index (χ0v) is 8.63. The van der Waals surface area contributed by atoms with Gasteiger partial charge in [-0.15, -0.1) is 0 Å². The highest BCUT2D eigenvalue weighted by molar-refractivity contribution is 6.09. The SMILES string of the molecule is O=C1c2ccccc2CN1c1ccncc1. The highest BCUT2D eigenvalue weighted by Gasteiger charge is 2.27. The minimum Gasteiger partial charge on any atom is -0.304 e. The van der Waals surface area contributed by atoms with Gasteiger partial charge >= 0.3 is 0 Å². The molecule has 2 heterocycles. The van der Waals surface area contributed by atoms with Crippen LogP contribution >= 0.6 is 0 Å². The van der Waals surface area contributed by atoms with Crippen LogP contribution in [0.4, 0.5) is 5.69 Å². The molecule has 3 heteroatoms. The maximum absolute atomic E-state index is 12.1. The molecular formula is C13H10N2O. The Balaban J connectivity index is 2.02. The van der Waals surface area contributed by atoms with Crippen molar-refractivity contribution >= 4 is 11.6 Å². The van der Waals surface area contributed by atoms with Gasteiger partial charge in [-0.3, -0.25) is 9.78 Å². The first kappa shape index (κ1) is 9.09. The molecule has 1 amide bonds. The Hall–Kier alpha value is -2.16. The predicted octanol–water partition coefficient (Wildman–Crippen LogP) is 2.24. The van der Waals surface area contributed by atoms with Crippen molar-refractivity contribution in [2.45, 2.75) is 6.54 Å². The molecule has 0 saturated carbocycles. The van der Waals surface area contributed by atoms with Crippen LogP contribution in [0.3, 0.4) is 0 Å². The molecule has 0 aliphatic carbocycles. The van der Waals surface area contributed by atoms with Crippen LogP contribution < -0.4 is 4.90 Å². The van der Waals surface area contributed by atoms with Crippen molar-refractivity contribution in [3.63, 3.8) is 0 Å². The van der Waals surface area contributed by atoms with Gasteiger partial charge in [0.1, 0.15) is 0 Å². The standard InChI is InChI=1S/C13H10N2O/c16-13-12-4-2-1-3-10(12)9-15(13)11-5-7-14-8-6-11/h1-8H,9H2. The molecule has 78 valence electrons. The van der Waals surface area contributed by atoms with Gasteiger partial charge in [0.15, 0.2) is 0 Å². The van der Waals surface area contributed by atoms with Crippen LogP contribution in [-0.2, 0) is 6.54 Å². The van der Waals surface area contributed by atoms with E-state index in [4.69, 9.17) is 0 Å². The Bertz CT molecular complexity index is 537. The van der Waals surface area contributed by atoms with Crippen molar-refractivity contribution in [1.29, 1.82) is 0 Å². The van der Waals surface area contributed by atoms with Crippen molar-refractivity contribution in [1.82, 2.24) is 4.98 Å². The summed E-state index contributed by atoms with van der Waals surface area (Å²) in [5.74, 6) is 0.0711. The van der Waals surface area contributed by atoms with E-state index >= 15 is 0 Å². The number of rotatable bonds is 1. The van der Waals surface area contributed by atoms with E-state index in [0.29, 0.717) is 6.54 Å². The number of anilines is 1. The molecule has 0 fully saturated rings. The molecule has 0 N–H and O–H groups in total. The summed E-state index contributed by atoms with van der Waals surface area (Å²) in [6.07, 6.45) is 3.40. The largest absolute Gasteiger partial charge is 0.304 e. The molecule has 0 atom stereocenters. The van der Waals surface area contributed by atoms with E-state index < -0.39 is 0 Å². The Kier molecular flexibility index (Phi) is 1.96. The second-order valence-corrected chi connectivity index (χ2v) is 3.75. The third-order valence-electron chi connectivity index (χ3n) is 2.80. The van der Waals surface area contributed by atoms with Crippen molar-refractivity contribution in [2.75, 3.05) is 4.90 Å². The Morgan fingerprint density at radius 2 is 1.81 bits per heavy atom. The topological polar surface area (TPSA) is 33.2 Å². The lowest BCUT2D eigenvalue weighted by atomic mass is 10.1. The lowest BCUT2D eigenvalue weighted by Gasteiger charge is -2.14. The van der Waals surface area contributed by atoms with Crippen LogP contribution in [0.5, 0.6) is 0 Å². The van der Waals surface area contributed by atoms with E-state index in [-0.39, 0.29) is 5.91 Å². The van der Waals surface area contributed by atoms with Crippen LogP contribution in [0.1, 0.15) is 15.9 Å². The number of nitrogens with zero attached hydrogens (tertiary/aromatic N) is 2. The molecule has 0 unspecified atom stereocenters. The van der Waals surface area contributed by atoms with Gasteiger partial charge in [-0.25, -0.2) is 0 Å². The average Bonchev–Trinajstić information content (AvgIpc) is 2.69. The van der Waals surface area contributed by atoms with Crippen molar-refractivity contribution < 1.29 is 4.79 Å². The molecule has 1 aromatic heterocycles. The normalized spacial score (nSPS) is 14.0. The highest BCUT2D eigenvalue weighted by atomic mass is 16.2. The summed E-state index contributed by atoms with van der Waals surface area (Å²) < 4.78 is 0. The van der Waals surface area contributed by atoms with Gasteiger partial charge in [-0.05, 0) is 23.8 Å². The molecular weight excluding hydrogens is 200 g/mol. The number of hydrogen-bond donors (Lipinski definition) is 0. The minimum absolute atomic E-state index is 0.0711. The van der Waals surface area contributed by atoms with E-state index in [0.717, 1.165) is 16.8 Å². The monoisotopic (exact) mass is 210 g/mol. The first-order chi connectivity index (χ1) is 7.86. The van der Waals surface area contributed by atoms with E-state index in [2.05, 4.69) is 4.98 Å². The second kappa shape index (κ2) is 3.45. The Labute approximate surface area is 93.4 Å². The number of fused-ring (bicyclic) bond motifs is 1. The first-order valence-electron chi connectivity index (χ1n) is 5.16. The zero-order valence-electron chi connectivity index (χ0n) is 8.63. The lowest BCUT2D eigenvalue weighted by Crippen LogP contribution is -2.22. The molecule has 3 nitrogen and oxygen atoms in total.